The first-order valence-corrected chi connectivity index (χ1v) is 6.69. The second kappa shape index (κ2) is 5.89. The van der Waals surface area contributed by atoms with Crippen molar-refractivity contribution >= 4 is 5.97 Å². The van der Waals surface area contributed by atoms with Crippen molar-refractivity contribution < 1.29 is 14.6 Å². The highest BCUT2D eigenvalue weighted by Gasteiger charge is 2.21. The standard InChI is InChI=1S/C15H20O3/c1-2-11-6-8-13(9-7-11)18-14-5-3-4-12(10-14)15(16)17/h3-5,10-11,13H,2,6-9H2,1H3,(H,16,17). The molecule has 3 nitrogen and oxygen atoms in total. The first kappa shape index (κ1) is 12.9. The van der Waals surface area contributed by atoms with Gasteiger partial charge in [-0.1, -0.05) is 19.4 Å². The molecule has 0 bridgehead atoms. The Kier molecular flexibility index (Phi) is 4.24. The fourth-order valence-electron chi connectivity index (χ4n) is 2.55. The van der Waals surface area contributed by atoms with Crippen molar-refractivity contribution in [3.8, 4) is 5.75 Å². The molecule has 0 amide bonds. The van der Waals surface area contributed by atoms with Crippen molar-refractivity contribution in [3.63, 3.8) is 0 Å². The van der Waals surface area contributed by atoms with E-state index in [1.165, 1.54) is 19.3 Å². The van der Waals surface area contributed by atoms with Crippen LogP contribution in [-0.4, -0.2) is 17.2 Å². The minimum absolute atomic E-state index is 0.247. The van der Waals surface area contributed by atoms with E-state index in [1.54, 1.807) is 18.2 Å². The van der Waals surface area contributed by atoms with Gasteiger partial charge in [0.15, 0.2) is 0 Å². The molecule has 1 aliphatic carbocycles. The van der Waals surface area contributed by atoms with E-state index in [1.807, 2.05) is 6.07 Å². The van der Waals surface area contributed by atoms with E-state index in [-0.39, 0.29) is 11.7 Å². The monoisotopic (exact) mass is 248 g/mol. The maximum Gasteiger partial charge on any atom is 0.335 e. The Balaban J connectivity index is 1.94. The molecule has 0 saturated heterocycles. The minimum Gasteiger partial charge on any atom is -0.490 e. The van der Waals surface area contributed by atoms with Crippen molar-refractivity contribution in [1.82, 2.24) is 0 Å². The Morgan fingerprint density at radius 1 is 1.33 bits per heavy atom. The van der Waals surface area contributed by atoms with Crippen LogP contribution in [0, 0.1) is 5.92 Å². The number of carbonyl (C=O) groups is 1. The summed E-state index contributed by atoms with van der Waals surface area (Å²) in [7, 11) is 0. The molecule has 0 heterocycles. The molecule has 1 aromatic carbocycles. The molecule has 0 aromatic heterocycles. The van der Waals surface area contributed by atoms with E-state index in [0.717, 1.165) is 18.8 Å². The highest BCUT2D eigenvalue weighted by atomic mass is 16.5. The largest absolute Gasteiger partial charge is 0.490 e. The molecular formula is C15H20O3. The summed E-state index contributed by atoms with van der Waals surface area (Å²) >= 11 is 0. The van der Waals surface area contributed by atoms with Gasteiger partial charge in [-0.15, -0.1) is 0 Å². The van der Waals surface area contributed by atoms with E-state index in [4.69, 9.17) is 9.84 Å². The second-order valence-corrected chi connectivity index (χ2v) is 5.00. The first-order valence-electron chi connectivity index (χ1n) is 6.69. The second-order valence-electron chi connectivity index (χ2n) is 5.00. The number of benzene rings is 1. The average Bonchev–Trinajstić information content (AvgIpc) is 2.40. The van der Waals surface area contributed by atoms with Crippen molar-refractivity contribution in [2.75, 3.05) is 0 Å². The van der Waals surface area contributed by atoms with Gasteiger partial charge in [0.1, 0.15) is 5.75 Å². The summed E-state index contributed by atoms with van der Waals surface area (Å²) in [6.07, 6.45) is 6.10. The van der Waals surface area contributed by atoms with E-state index < -0.39 is 5.97 Å². The maximum absolute atomic E-state index is 10.9. The normalized spacial score (nSPS) is 23.6. The molecule has 2 rings (SSSR count). The Labute approximate surface area is 108 Å². The Morgan fingerprint density at radius 3 is 2.67 bits per heavy atom. The average molecular weight is 248 g/mol. The van der Waals surface area contributed by atoms with Crippen LogP contribution in [0.5, 0.6) is 5.75 Å². The fourth-order valence-corrected chi connectivity index (χ4v) is 2.55. The summed E-state index contributed by atoms with van der Waals surface area (Å²) in [6.45, 7) is 2.24. The van der Waals surface area contributed by atoms with Crippen LogP contribution >= 0.6 is 0 Å². The molecule has 1 saturated carbocycles. The molecule has 1 fully saturated rings. The molecule has 1 N–H and O–H groups in total. The third-order valence-electron chi connectivity index (χ3n) is 3.75. The number of carboxylic acids is 1. The zero-order chi connectivity index (χ0) is 13.0. The zero-order valence-electron chi connectivity index (χ0n) is 10.8. The highest BCUT2D eigenvalue weighted by Crippen LogP contribution is 2.29. The van der Waals surface area contributed by atoms with Crippen LogP contribution in [0.1, 0.15) is 49.4 Å². The van der Waals surface area contributed by atoms with Gasteiger partial charge in [0, 0.05) is 0 Å². The van der Waals surface area contributed by atoms with Crippen LogP contribution in [0.3, 0.4) is 0 Å². The number of aromatic carboxylic acids is 1. The van der Waals surface area contributed by atoms with Gasteiger partial charge in [-0.25, -0.2) is 4.79 Å². The Hall–Kier alpha value is -1.51. The van der Waals surface area contributed by atoms with Gasteiger partial charge in [-0.2, -0.15) is 0 Å². The number of carboxylic acid groups (broad SMARTS) is 1. The Bertz CT molecular complexity index is 406. The lowest BCUT2D eigenvalue weighted by Crippen LogP contribution is -2.23. The molecule has 0 atom stereocenters. The van der Waals surface area contributed by atoms with Crippen LogP contribution in [-0.2, 0) is 0 Å². The summed E-state index contributed by atoms with van der Waals surface area (Å²) in [5.74, 6) is 0.611. The van der Waals surface area contributed by atoms with E-state index in [2.05, 4.69) is 6.92 Å². The summed E-state index contributed by atoms with van der Waals surface area (Å²) in [4.78, 5) is 10.9. The first-order chi connectivity index (χ1) is 8.69. The number of rotatable bonds is 4. The van der Waals surface area contributed by atoms with Gasteiger partial charge in [0.05, 0.1) is 11.7 Å². The lowest BCUT2D eigenvalue weighted by Gasteiger charge is -2.28. The maximum atomic E-state index is 10.9. The molecule has 0 spiro atoms. The highest BCUT2D eigenvalue weighted by molar-refractivity contribution is 5.87. The molecule has 1 aliphatic rings. The smallest absolute Gasteiger partial charge is 0.335 e. The van der Waals surface area contributed by atoms with Crippen LogP contribution in [0.4, 0.5) is 0 Å². The molecular weight excluding hydrogens is 228 g/mol. The minimum atomic E-state index is -0.907. The third-order valence-corrected chi connectivity index (χ3v) is 3.75. The van der Waals surface area contributed by atoms with Crippen LogP contribution in [0.2, 0.25) is 0 Å². The van der Waals surface area contributed by atoms with Crippen molar-refractivity contribution in [1.29, 1.82) is 0 Å². The molecule has 0 radical (unpaired) electrons. The van der Waals surface area contributed by atoms with Gasteiger partial charge >= 0.3 is 5.97 Å². The number of hydrogen-bond donors (Lipinski definition) is 1. The lowest BCUT2D eigenvalue weighted by atomic mass is 9.86. The van der Waals surface area contributed by atoms with Gasteiger partial charge in [0.2, 0.25) is 0 Å². The van der Waals surface area contributed by atoms with E-state index >= 15 is 0 Å². The SMILES string of the molecule is CCC1CCC(Oc2cccc(C(=O)O)c2)CC1. The van der Waals surface area contributed by atoms with Crippen LogP contribution < -0.4 is 4.74 Å². The zero-order valence-corrected chi connectivity index (χ0v) is 10.8. The van der Waals surface area contributed by atoms with Gasteiger partial charge in [-0.3, -0.25) is 0 Å². The van der Waals surface area contributed by atoms with Gasteiger partial charge in [-0.05, 0) is 49.8 Å². The fraction of sp³-hybridized carbons (Fsp3) is 0.533. The van der Waals surface area contributed by atoms with Gasteiger partial charge in [0.25, 0.3) is 0 Å². The quantitative estimate of drug-likeness (QED) is 0.883. The van der Waals surface area contributed by atoms with Crippen LogP contribution in [0.15, 0.2) is 24.3 Å². The molecule has 1 aromatic rings. The van der Waals surface area contributed by atoms with Crippen molar-refractivity contribution in [3.05, 3.63) is 29.8 Å². The Morgan fingerprint density at radius 2 is 2.06 bits per heavy atom. The van der Waals surface area contributed by atoms with Crippen LogP contribution in [0.25, 0.3) is 0 Å². The van der Waals surface area contributed by atoms with Gasteiger partial charge < -0.3 is 9.84 Å². The predicted molar refractivity (Wildman–Crippen MR) is 70.1 cm³/mol. The van der Waals surface area contributed by atoms with Crippen molar-refractivity contribution in [2.45, 2.75) is 45.1 Å². The number of hydrogen-bond acceptors (Lipinski definition) is 2. The third kappa shape index (κ3) is 3.25. The van der Waals surface area contributed by atoms with E-state index in [0.29, 0.717) is 5.75 Å². The predicted octanol–water partition coefficient (Wildman–Crippen LogP) is 3.73. The van der Waals surface area contributed by atoms with Crippen molar-refractivity contribution in [2.24, 2.45) is 5.92 Å². The summed E-state index contributed by atoms with van der Waals surface area (Å²) in [5.41, 5.74) is 0.287. The molecule has 18 heavy (non-hydrogen) atoms. The summed E-state index contributed by atoms with van der Waals surface area (Å²) in [5, 5.41) is 8.93. The number of ether oxygens (including phenoxy) is 1. The molecule has 3 heteroatoms. The molecule has 0 aliphatic heterocycles. The molecule has 0 unspecified atom stereocenters. The van der Waals surface area contributed by atoms with E-state index in [9.17, 15) is 4.79 Å². The molecule has 98 valence electrons. The summed E-state index contributed by atoms with van der Waals surface area (Å²) < 4.78 is 5.88. The summed E-state index contributed by atoms with van der Waals surface area (Å²) in [6, 6.07) is 6.76. The topological polar surface area (TPSA) is 46.5 Å². The lowest BCUT2D eigenvalue weighted by molar-refractivity contribution is 0.0695.